The monoisotopic (exact) mass is 468 g/mol. The van der Waals surface area contributed by atoms with Crippen LogP contribution in [-0.2, 0) is 22.9 Å². The van der Waals surface area contributed by atoms with Crippen LogP contribution in [0.3, 0.4) is 0 Å². The standard InChI is InChI=1S/C24H21ClN2O2S2/c1-18-12-14-21(15-13-18)31(28,29)23-22(25)30-24(26-23)27(16-19-8-4-2-5-9-19)17-20-10-6-3-7-11-20/h2-15H,16-17H2,1H3. The molecule has 31 heavy (non-hydrogen) atoms. The van der Waals surface area contributed by atoms with Crippen LogP contribution >= 0.6 is 22.9 Å². The minimum atomic E-state index is -3.80. The normalized spacial score (nSPS) is 11.4. The number of benzene rings is 3. The highest BCUT2D eigenvalue weighted by atomic mass is 35.5. The zero-order valence-corrected chi connectivity index (χ0v) is 19.3. The molecular weight excluding hydrogens is 448 g/mol. The van der Waals surface area contributed by atoms with Gasteiger partial charge in [-0.2, -0.15) is 0 Å². The highest BCUT2D eigenvalue weighted by Crippen LogP contribution is 2.37. The van der Waals surface area contributed by atoms with E-state index >= 15 is 0 Å². The van der Waals surface area contributed by atoms with Crippen LogP contribution in [-0.4, -0.2) is 13.4 Å². The van der Waals surface area contributed by atoms with E-state index in [1.54, 1.807) is 24.3 Å². The largest absolute Gasteiger partial charge is 0.339 e. The lowest BCUT2D eigenvalue weighted by Crippen LogP contribution is -2.22. The molecule has 1 heterocycles. The molecule has 0 N–H and O–H groups in total. The number of anilines is 1. The molecule has 0 aliphatic heterocycles. The SMILES string of the molecule is Cc1ccc(S(=O)(=O)c2nc(N(Cc3ccccc3)Cc3ccccc3)sc2Cl)cc1. The van der Waals surface area contributed by atoms with Gasteiger partial charge in [-0.25, -0.2) is 13.4 Å². The van der Waals surface area contributed by atoms with E-state index in [1.165, 1.54) is 11.3 Å². The van der Waals surface area contributed by atoms with Crippen LogP contribution in [0.25, 0.3) is 0 Å². The smallest absolute Gasteiger partial charge is 0.226 e. The highest BCUT2D eigenvalue weighted by Gasteiger charge is 2.27. The molecule has 0 bridgehead atoms. The van der Waals surface area contributed by atoms with E-state index in [2.05, 4.69) is 9.88 Å². The van der Waals surface area contributed by atoms with Crippen molar-refractivity contribution >= 4 is 37.9 Å². The topological polar surface area (TPSA) is 50.3 Å². The van der Waals surface area contributed by atoms with Crippen molar-refractivity contribution in [2.75, 3.05) is 4.90 Å². The first kappa shape index (κ1) is 21.6. The first-order chi connectivity index (χ1) is 14.9. The zero-order valence-electron chi connectivity index (χ0n) is 16.9. The summed E-state index contributed by atoms with van der Waals surface area (Å²) in [6, 6.07) is 26.7. The molecule has 0 atom stereocenters. The van der Waals surface area contributed by atoms with E-state index in [4.69, 9.17) is 11.6 Å². The second-order valence-corrected chi connectivity index (χ2v) is 10.7. The van der Waals surface area contributed by atoms with Crippen LogP contribution in [0.15, 0.2) is 94.9 Å². The molecule has 0 amide bonds. The molecule has 0 unspecified atom stereocenters. The highest BCUT2D eigenvalue weighted by molar-refractivity contribution is 7.91. The van der Waals surface area contributed by atoms with Crippen molar-refractivity contribution < 1.29 is 8.42 Å². The number of nitrogens with zero attached hydrogens (tertiary/aromatic N) is 2. The maximum absolute atomic E-state index is 13.2. The third-order valence-corrected chi connectivity index (χ3v) is 8.09. The quantitative estimate of drug-likeness (QED) is 0.326. The van der Waals surface area contributed by atoms with Gasteiger partial charge >= 0.3 is 0 Å². The summed E-state index contributed by atoms with van der Waals surface area (Å²) >= 11 is 7.60. The van der Waals surface area contributed by atoms with Gasteiger partial charge in [0.05, 0.1) is 4.90 Å². The van der Waals surface area contributed by atoms with E-state index in [9.17, 15) is 8.42 Å². The first-order valence-corrected chi connectivity index (χ1v) is 12.4. The van der Waals surface area contributed by atoms with Gasteiger partial charge in [-0.1, -0.05) is 101 Å². The summed E-state index contributed by atoms with van der Waals surface area (Å²) in [7, 11) is -3.80. The van der Waals surface area contributed by atoms with Crippen molar-refractivity contribution in [3.63, 3.8) is 0 Å². The lowest BCUT2D eigenvalue weighted by Gasteiger charge is -2.22. The molecule has 1 aromatic heterocycles. The second-order valence-electron chi connectivity index (χ2n) is 7.22. The fourth-order valence-corrected chi connectivity index (χ4v) is 6.10. The molecule has 0 aliphatic carbocycles. The number of aryl methyl sites for hydroxylation is 1. The third kappa shape index (κ3) is 4.98. The molecule has 0 fully saturated rings. The average Bonchev–Trinajstić information content (AvgIpc) is 3.17. The lowest BCUT2D eigenvalue weighted by molar-refractivity contribution is 0.593. The van der Waals surface area contributed by atoms with Gasteiger partial charge in [-0.3, -0.25) is 0 Å². The Morgan fingerprint density at radius 2 is 1.35 bits per heavy atom. The van der Waals surface area contributed by atoms with Crippen LogP contribution < -0.4 is 4.90 Å². The van der Waals surface area contributed by atoms with Gasteiger partial charge < -0.3 is 4.90 Å². The van der Waals surface area contributed by atoms with Gasteiger partial charge in [0.15, 0.2) is 10.2 Å². The summed E-state index contributed by atoms with van der Waals surface area (Å²) in [6.45, 7) is 3.09. The second kappa shape index (κ2) is 9.22. The summed E-state index contributed by atoms with van der Waals surface area (Å²) in [5, 5.41) is 0.479. The van der Waals surface area contributed by atoms with Gasteiger partial charge in [0, 0.05) is 13.1 Å². The predicted molar refractivity (Wildman–Crippen MR) is 127 cm³/mol. The summed E-state index contributed by atoms with van der Waals surface area (Å²) in [4.78, 5) is 6.74. The van der Waals surface area contributed by atoms with Crippen LogP contribution in [0.4, 0.5) is 5.13 Å². The summed E-state index contributed by atoms with van der Waals surface area (Å²) in [5.74, 6) is 0. The molecule has 4 aromatic rings. The van der Waals surface area contributed by atoms with E-state index in [-0.39, 0.29) is 14.3 Å². The molecule has 7 heteroatoms. The molecule has 4 nitrogen and oxygen atoms in total. The number of hydrogen-bond acceptors (Lipinski definition) is 5. The summed E-state index contributed by atoms with van der Waals surface area (Å²) < 4.78 is 26.5. The van der Waals surface area contributed by atoms with Crippen LogP contribution in [0, 0.1) is 6.92 Å². The van der Waals surface area contributed by atoms with E-state index in [1.807, 2.05) is 67.6 Å². The van der Waals surface area contributed by atoms with E-state index in [0.717, 1.165) is 16.7 Å². The van der Waals surface area contributed by atoms with Gasteiger partial charge in [-0.15, -0.1) is 0 Å². The number of aromatic nitrogens is 1. The van der Waals surface area contributed by atoms with Crippen LogP contribution in [0.1, 0.15) is 16.7 Å². The fourth-order valence-electron chi connectivity index (χ4n) is 3.21. The third-order valence-electron chi connectivity index (χ3n) is 4.84. The molecule has 158 valence electrons. The number of sulfone groups is 1. The predicted octanol–water partition coefficient (Wildman–Crippen LogP) is 6.14. The van der Waals surface area contributed by atoms with Crippen molar-refractivity contribution in [3.8, 4) is 0 Å². The van der Waals surface area contributed by atoms with Gasteiger partial charge in [-0.05, 0) is 30.2 Å². The van der Waals surface area contributed by atoms with Gasteiger partial charge in [0.25, 0.3) is 0 Å². The number of hydrogen-bond donors (Lipinski definition) is 0. The molecule has 3 aromatic carbocycles. The minimum Gasteiger partial charge on any atom is -0.339 e. The van der Waals surface area contributed by atoms with Crippen molar-refractivity contribution in [2.45, 2.75) is 29.9 Å². The molecule has 0 saturated carbocycles. The molecule has 0 radical (unpaired) electrons. The van der Waals surface area contributed by atoms with Crippen molar-refractivity contribution in [1.82, 2.24) is 4.98 Å². The maximum atomic E-state index is 13.2. The van der Waals surface area contributed by atoms with E-state index in [0.29, 0.717) is 18.2 Å². The Hall–Kier alpha value is -2.67. The Morgan fingerprint density at radius 3 is 1.87 bits per heavy atom. The van der Waals surface area contributed by atoms with Crippen molar-refractivity contribution in [2.24, 2.45) is 0 Å². The van der Waals surface area contributed by atoms with Gasteiger partial charge in [0.1, 0.15) is 4.34 Å². The van der Waals surface area contributed by atoms with Crippen molar-refractivity contribution in [1.29, 1.82) is 0 Å². The number of halogens is 1. The zero-order chi connectivity index (χ0) is 21.8. The van der Waals surface area contributed by atoms with Crippen LogP contribution in [0.2, 0.25) is 4.34 Å². The van der Waals surface area contributed by atoms with E-state index < -0.39 is 9.84 Å². The Balaban J connectivity index is 1.71. The van der Waals surface area contributed by atoms with Crippen molar-refractivity contribution in [3.05, 3.63) is 106 Å². The molecule has 0 aliphatic rings. The lowest BCUT2D eigenvalue weighted by atomic mass is 10.2. The Kier molecular flexibility index (Phi) is 6.41. The fraction of sp³-hybridized carbons (Fsp3) is 0.125. The summed E-state index contributed by atoms with van der Waals surface area (Å²) in [5.41, 5.74) is 3.20. The first-order valence-electron chi connectivity index (χ1n) is 9.74. The Morgan fingerprint density at radius 1 is 0.839 bits per heavy atom. The summed E-state index contributed by atoms with van der Waals surface area (Å²) in [6.07, 6.45) is 0. The number of rotatable bonds is 7. The van der Waals surface area contributed by atoms with Crippen LogP contribution in [0.5, 0.6) is 0 Å². The average molecular weight is 469 g/mol. The number of thiazole rings is 1. The maximum Gasteiger partial charge on any atom is 0.226 e. The molecule has 4 rings (SSSR count). The molecule has 0 spiro atoms. The molecular formula is C24H21ClN2O2S2. The Bertz CT molecular complexity index is 1210. The van der Waals surface area contributed by atoms with Gasteiger partial charge in [0.2, 0.25) is 9.84 Å². The Labute approximate surface area is 191 Å². The molecule has 0 saturated heterocycles. The minimum absolute atomic E-state index is 0.0934.